The number of aromatic nitrogens is 2. The van der Waals surface area contributed by atoms with Crippen molar-refractivity contribution >= 4 is 17.2 Å². The summed E-state index contributed by atoms with van der Waals surface area (Å²) in [5, 5.41) is 9.67. The molecule has 0 radical (unpaired) electrons. The highest BCUT2D eigenvalue weighted by Crippen LogP contribution is 2.19. The zero-order chi connectivity index (χ0) is 14.8. The van der Waals surface area contributed by atoms with Crippen molar-refractivity contribution in [3.8, 4) is 6.07 Å². The molecule has 2 aromatic heterocycles. The van der Waals surface area contributed by atoms with Gasteiger partial charge in [0.05, 0.1) is 23.9 Å². The smallest absolute Gasteiger partial charge is 0.139 e. The molecule has 1 aromatic carbocycles. The Hall–Kier alpha value is -2.38. The van der Waals surface area contributed by atoms with E-state index in [1.54, 1.807) is 10.5 Å². The van der Waals surface area contributed by atoms with E-state index in [1.165, 1.54) is 12.3 Å². The van der Waals surface area contributed by atoms with Crippen LogP contribution in [0, 0.1) is 17.1 Å². The van der Waals surface area contributed by atoms with Gasteiger partial charge >= 0.3 is 0 Å². The number of benzene rings is 1. The van der Waals surface area contributed by atoms with Gasteiger partial charge in [0.2, 0.25) is 0 Å². The number of nitrogens with zero attached hydrogens (tertiary/aromatic N) is 3. The molecule has 2 heterocycles. The summed E-state index contributed by atoms with van der Waals surface area (Å²) in [6.45, 7) is 0. The molecule has 3 aromatic rings. The number of fused-ring (bicyclic) bond motifs is 1. The summed E-state index contributed by atoms with van der Waals surface area (Å²) in [4.78, 5) is 4.50. The van der Waals surface area contributed by atoms with Gasteiger partial charge in [0.15, 0.2) is 0 Å². The van der Waals surface area contributed by atoms with Gasteiger partial charge in [0, 0.05) is 17.6 Å². The van der Waals surface area contributed by atoms with Crippen LogP contribution in [0.5, 0.6) is 0 Å². The molecule has 0 bridgehead atoms. The highest BCUT2D eigenvalue weighted by molar-refractivity contribution is 6.30. The molecule has 0 aliphatic rings. The number of pyridine rings is 1. The van der Waals surface area contributed by atoms with Crippen molar-refractivity contribution in [1.29, 1.82) is 5.26 Å². The Morgan fingerprint density at radius 3 is 2.67 bits per heavy atom. The van der Waals surface area contributed by atoms with Crippen LogP contribution in [0.4, 0.5) is 4.39 Å². The van der Waals surface area contributed by atoms with Crippen LogP contribution in [0.1, 0.15) is 17.0 Å². The van der Waals surface area contributed by atoms with Crippen molar-refractivity contribution in [3.05, 3.63) is 70.4 Å². The maximum atomic E-state index is 13.4. The van der Waals surface area contributed by atoms with Crippen molar-refractivity contribution in [2.24, 2.45) is 0 Å². The molecule has 0 aliphatic heterocycles. The summed E-state index contributed by atoms with van der Waals surface area (Å²) in [6, 6.07) is 12.6. The zero-order valence-corrected chi connectivity index (χ0v) is 11.8. The molecule has 0 N–H and O–H groups in total. The molecule has 0 unspecified atom stereocenters. The molecule has 0 saturated carbocycles. The van der Waals surface area contributed by atoms with E-state index in [9.17, 15) is 4.39 Å². The monoisotopic (exact) mass is 299 g/mol. The van der Waals surface area contributed by atoms with Crippen LogP contribution < -0.4 is 0 Å². The standard InChI is InChI=1S/C16H11ClFN3/c17-12-3-1-11(2-4-12)9-14-15(7-8-19)21-10-13(18)5-6-16(21)20-14/h1-6,10H,7,9H2. The van der Waals surface area contributed by atoms with Gasteiger partial charge in [-0.15, -0.1) is 0 Å². The summed E-state index contributed by atoms with van der Waals surface area (Å²) >= 11 is 5.87. The second-order valence-electron chi connectivity index (χ2n) is 4.72. The fraction of sp³-hybridized carbons (Fsp3) is 0.125. The van der Waals surface area contributed by atoms with Gasteiger partial charge in [-0.1, -0.05) is 23.7 Å². The number of rotatable bonds is 3. The molecule has 0 aliphatic carbocycles. The third kappa shape index (κ3) is 2.74. The van der Waals surface area contributed by atoms with Crippen LogP contribution in [-0.4, -0.2) is 9.38 Å². The quantitative estimate of drug-likeness (QED) is 0.738. The number of halogens is 2. The van der Waals surface area contributed by atoms with E-state index in [-0.39, 0.29) is 12.2 Å². The largest absolute Gasteiger partial charge is 0.300 e. The first-order valence-electron chi connectivity index (χ1n) is 6.44. The van der Waals surface area contributed by atoms with E-state index in [0.29, 0.717) is 17.1 Å². The Labute approximate surface area is 126 Å². The van der Waals surface area contributed by atoms with Crippen molar-refractivity contribution in [3.63, 3.8) is 0 Å². The lowest BCUT2D eigenvalue weighted by Gasteiger charge is -2.02. The van der Waals surface area contributed by atoms with Gasteiger partial charge in [0.25, 0.3) is 0 Å². The molecule has 0 saturated heterocycles. The molecular weight excluding hydrogens is 289 g/mol. The van der Waals surface area contributed by atoms with Crippen LogP contribution in [-0.2, 0) is 12.8 Å². The van der Waals surface area contributed by atoms with E-state index >= 15 is 0 Å². The van der Waals surface area contributed by atoms with Crippen molar-refractivity contribution in [1.82, 2.24) is 9.38 Å². The molecule has 0 amide bonds. The van der Waals surface area contributed by atoms with E-state index in [4.69, 9.17) is 16.9 Å². The lowest BCUT2D eigenvalue weighted by atomic mass is 10.1. The zero-order valence-electron chi connectivity index (χ0n) is 11.1. The molecule has 0 fully saturated rings. The van der Waals surface area contributed by atoms with Gasteiger partial charge < -0.3 is 0 Å². The SMILES string of the molecule is N#CCc1c(Cc2ccc(Cl)cc2)nc2ccc(F)cn12. The van der Waals surface area contributed by atoms with Crippen LogP contribution >= 0.6 is 11.6 Å². The summed E-state index contributed by atoms with van der Waals surface area (Å²) < 4.78 is 15.0. The average molecular weight is 300 g/mol. The van der Waals surface area contributed by atoms with Crippen molar-refractivity contribution in [2.75, 3.05) is 0 Å². The number of hydrogen-bond acceptors (Lipinski definition) is 2. The first-order chi connectivity index (χ1) is 10.2. The average Bonchev–Trinajstić information content (AvgIpc) is 2.79. The molecule has 5 heteroatoms. The van der Waals surface area contributed by atoms with E-state index < -0.39 is 0 Å². The maximum Gasteiger partial charge on any atom is 0.139 e. The van der Waals surface area contributed by atoms with Crippen LogP contribution in [0.15, 0.2) is 42.6 Å². The Bertz CT molecular complexity index is 831. The Morgan fingerprint density at radius 1 is 1.19 bits per heavy atom. The summed E-state index contributed by atoms with van der Waals surface area (Å²) in [5.41, 5.74) is 3.19. The fourth-order valence-corrected chi connectivity index (χ4v) is 2.44. The third-order valence-corrected chi connectivity index (χ3v) is 3.55. The lowest BCUT2D eigenvalue weighted by molar-refractivity contribution is 0.618. The minimum atomic E-state index is -0.350. The number of imidazole rings is 1. The highest BCUT2D eigenvalue weighted by atomic mass is 35.5. The Balaban J connectivity index is 2.06. The van der Waals surface area contributed by atoms with Gasteiger partial charge in [-0.2, -0.15) is 5.26 Å². The van der Waals surface area contributed by atoms with E-state index in [1.807, 2.05) is 24.3 Å². The minimum absolute atomic E-state index is 0.188. The molecule has 3 nitrogen and oxygen atoms in total. The predicted octanol–water partition coefficient (Wildman–Crippen LogP) is 3.78. The van der Waals surface area contributed by atoms with Crippen LogP contribution in [0.25, 0.3) is 5.65 Å². The van der Waals surface area contributed by atoms with E-state index in [2.05, 4.69) is 11.1 Å². The predicted molar refractivity (Wildman–Crippen MR) is 78.7 cm³/mol. The van der Waals surface area contributed by atoms with E-state index in [0.717, 1.165) is 17.0 Å². The van der Waals surface area contributed by atoms with Gasteiger partial charge in [-0.05, 0) is 29.8 Å². The fourth-order valence-electron chi connectivity index (χ4n) is 2.32. The first-order valence-corrected chi connectivity index (χ1v) is 6.82. The number of hydrogen-bond donors (Lipinski definition) is 0. The molecule has 3 rings (SSSR count). The lowest BCUT2D eigenvalue weighted by Crippen LogP contribution is -1.97. The highest BCUT2D eigenvalue weighted by Gasteiger charge is 2.13. The molecule has 104 valence electrons. The van der Waals surface area contributed by atoms with Crippen molar-refractivity contribution in [2.45, 2.75) is 12.8 Å². The molecule has 0 spiro atoms. The summed E-state index contributed by atoms with van der Waals surface area (Å²) in [5.74, 6) is -0.350. The summed E-state index contributed by atoms with van der Waals surface area (Å²) in [7, 11) is 0. The van der Waals surface area contributed by atoms with Crippen LogP contribution in [0.3, 0.4) is 0 Å². The van der Waals surface area contributed by atoms with Gasteiger partial charge in [0.1, 0.15) is 11.5 Å². The third-order valence-electron chi connectivity index (χ3n) is 3.30. The number of nitriles is 1. The minimum Gasteiger partial charge on any atom is -0.300 e. The molecule has 21 heavy (non-hydrogen) atoms. The maximum absolute atomic E-state index is 13.4. The second-order valence-corrected chi connectivity index (χ2v) is 5.16. The van der Waals surface area contributed by atoms with Gasteiger partial charge in [-0.3, -0.25) is 4.40 Å². The van der Waals surface area contributed by atoms with Crippen molar-refractivity contribution < 1.29 is 4.39 Å². The molecular formula is C16H11ClFN3. The van der Waals surface area contributed by atoms with Gasteiger partial charge in [-0.25, -0.2) is 9.37 Å². The first kappa shape index (κ1) is 13.6. The Morgan fingerprint density at radius 2 is 1.95 bits per heavy atom. The molecule has 0 atom stereocenters. The van der Waals surface area contributed by atoms with Crippen LogP contribution in [0.2, 0.25) is 5.02 Å². The Kier molecular flexibility index (Phi) is 3.59. The second kappa shape index (κ2) is 5.55. The topological polar surface area (TPSA) is 41.1 Å². The summed E-state index contributed by atoms with van der Waals surface area (Å²) in [6.07, 6.45) is 2.13. The normalized spacial score (nSPS) is 10.7.